The van der Waals surface area contributed by atoms with Crippen molar-refractivity contribution in [2.45, 2.75) is 80.1 Å². The van der Waals surface area contributed by atoms with Crippen LogP contribution >= 0.6 is 0 Å². The van der Waals surface area contributed by atoms with E-state index in [2.05, 4.69) is 296 Å². The van der Waals surface area contributed by atoms with Crippen molar-refractivity contribution in [1.29, 1.82) is 0 Å². The molecule has 0 heterocycles. The van der Waals surface area contributed by atoms with E-state index in [0.717, 1.165) is 0 Å². The maximum atomic E-state index is 3.41. The number of hydrogen-bond donors (Lipinski definition) is 0. The summed E-state index contributed by atoms with van der Waals surface area (Å²) in [5.74, 6) is 1.27. The molecule has 78 heavy (non-hydrogen) atoms. The molecule has 10 aromatic carbocycles. The van der Waals surface area contributed by atoms with Gasteiger partial charge in [-0.25, -0.2) is 12.2 Å². The number of rotatable bonds is 10. The van der Waals surface area contributed by atoms with Crippen LogP contribution < -0.4 is 24.8 Å². The summed E-state index contributed by atoms with van der Waals surface area (Å²) in [6.07, 6.45) is 18.4. The van der Waals surface area contributed by atoms with Gasteiger partial charge in [0.05, 0.1) is 0 Å². The third-order valence-corrected chi connectivity index (χ3v) is 17.1. The summed E-state index contributed by atoms with van der Waals surface area (Å²) < 4.78 is 2.83. The third-order valence-electron chi connectivity index (χ3n) is 14.2. The van der Waals surface area contributed by atoms with Gasteiger partial charge in [0.15, 0.2) is 0 Å². The van der Waals surface area contributed by atoms with E-state index in [1.807, 2.05) is 0 Å². The van der Waals surface area contributed by atoms with Crippen LogP contribution in [0.4, 0.5) is 0 Å². The first-order valence-electron chi connectivity index (χ1n) is 27.4. The number of halogens is 2. The summed E-state index contributed by atoms with van der Waals surface area (Å²) >= 11 is 2.92. The average Bonchev–Trinajstić information content (AvgIpc) is 4.31. The Morgan fingerprint density at radius 1 is 0.333 bits per heavy atom. The van der Waals surface area contributed by atoms with Crippen LogP contribution in [0.3, 0.4) is 0 Å². The molecule has 0 amide bonds. The number of benzene rings is 8. The fourth-order valence-electron chi connectivity index (χ4n) is 10.1. The van der Waals surface area contributed by atoms with Crippen LogP contribution in [-0.2, 0) is 48.5 Å². The molecule has 2 atom stereocenters. The molecule has 0 aromatic heterocycles. The first-order valence-corrected chi connectivity index (χ1v) is 29.8. The van der Waals surface area contributed by atoms with Gasteiger partial charge in [-0.3, -0.25) is 12.2 Å². The second-order valence-electron chi connectivity index (χ2n) is 18.9. The Bertz CT molecular complexity index is 3100. The molecular formula is C74H72Cl2Zr2-2. The van der Waals surface area contributed by atoms with Crippen molar-refractivity contribution in [3.8, 4) is 0 Å². The molecule has 0 spiro atoms. The summed E-state index contributed by atoms with van der Waals surface area (Å²) in [4.78, 5) is 0. The number of hydrogen-bond acceptors (Lipinski definition) is 0. The standard InChI is InChI=1S/2C13H9.2C13H10.2C11H17.2ClH.2Zr/c2*1-3-7-12-10(5-1)9-11-6-2-4-8-13(11)12;2*1-3-7-12(8-4-1)11-13-9-5-2-6-10-13;2*1-4-9-7-8-10(5-2)11(9)6-3;;;;/h2*1-9H;2*1-10H;2*7,10H,4-6H2,1-3H3;2*1H;;/q2*-1;;;2*-1;;;2*+2/p-2. The molecule has 0 radical (unpaired) electrons. The van der Waals surface area contributed by atoms with E-state index in [0.29, 0.717) is 11.8 Å². The van der Waals surface area contributed by atoms with Crippen molar-refractivity contribution >= 4 is 49.5 Å². The van der Waals surface area contributed by atoms with E-state index in [4.69, 9.17) is 0 Å². The van der Waals surface area contributed by atoms with Gasteiger partial charge in [-0.1, -0.05) is 165 Å². The first kappa shape index (κ1) is 63.4. The van der Waals surface area contributed by atoms with E-state index in [1.54, 1.807) is 11.1 Å². The Morgan fingerprint density at radius 3 is 0.782 bits per heavy atom. The van der Waals surface area contributed by atoms with Gasteiger partial charge in [-0.05, 0) is 0 Å². The van der Waals surface area contributed by atoms with E-state index in [9.17, 15) is 0 Å². The van der Waals surface area contributed by atoms with Crippen molar-refractivity contribution in [2.24, 2.45) is 11.8 Å². The average molecular weight is 1210 g/mol. The van der Waals surface area contributed by atoms with Crippen molar-refractivity contribution in [3.63, 3.8) is 0 Å². The van der Waals surface area contributed by atoms with Gasteiger partial charge in [0.2, 0.25) is 0 Å². The molecule has 0 N–H and O–H groups in total. The second kappa shape index (κ2) is 33.9. The fourth-order valence-corrected chi connectivity index (χ4v) is 11.8. The predicted octanol–water partition coefficient (Wildman–Crippen LogP) is 14.0. The van der Waals surface area contributed by atoms with Crippen LogP contribution in [0.25, 0.3) is 43.1 Å². The molecule has 392 valence electrons. The Morgan fingerprint density at radius 2 is 0.564 bits per heavy atom. The predicted molar refractivity (Wildman–Crippen MR) is 325 cm³/mol. The van der Waals surface area contributed by atoms with E-state index in [-0.39, 0.29) is 24.8 Å². The van der Waals surface area contributed by atoms with E-state index in [1.165, 1.54) is 170 Å². The minimum atomic E-state index is 0. The monoisotopic (exact) mass is 1210 g/mol. The summed E-state index contributed by atoms with van der Waals surface area (Å²) in [6.45, 7) is 13.4. The SMILES string of the molecule is CCC1=C(CC)C(CC)[C-]=C1.CCC1=C(CC)C(CC)[C-]=C1.[Cl-].[Cl-].[Zr+2]=[C](c1ccccc1)c1ccccc1.[Zr+2]=[C](c1ccccc1)c1ccccc1.c1ccc2c(c1)[cH-]c1ccccc12.c1ccc2c(c1)[cH-]c1ccccc12. The molecule has 2 aliphatic rings. The Hall–Kier alpha value is -5.45. The molecule has 0 fully saturated rings. The molecular weight excluding hydrogens is 1140 g/mol. The van der Waals surface area contributed by atoms with Crippen molar-refractivity contribution < 1.29 is 73.3 Å². The fraction of sp³-hybridized carbons (Fsp3) is 0.189. The Kier molecular flexibility index (Phi) is 27.5. The summed E-state index contributed by atoms with van der Waals surface area (Å²) in [5, 5.41) is 10.8. The Labute approximate surface area is 509 Å². The van der Waals surface area contributed by atoms with Gasteiger partial charge in [0.25, 0.3) is 0 Å². The number of fused-ring (bicyclic) bond motifs is 6. The van der Waals surface area contributed by atoms with Gasteiger partial charge in [-0.2, -0.15) is 22.3 Å². The van der Waals surface area contributed by atoms with E-state index < -0.39 is 0 Å². The maximum absolute atomic E-state index is 3.41. The number of allylic oxidation sites excluding steroid dienone is 8. The second-order valence-corrected chi connectivity index (χ2v) is 21.4. The van der Waals surface area contributed by atoms with Crippen LogP contribution in [0.5, 0.6) is 0 Å². The Balaban J connectivity index is 0.000000172. The summed E-state index contributed by atoms with van der Waals surface area (Å²) in [5.41, 5.74) is 11.6. The zero-order valence-electron chi connectivity index (χ0n) is 46.2. The van der Waals surface area contributed by atoms with Gasteiger partial charge in [-0.15, -0.1) is 79.5 Å². The molecule has 2 aliphatic carbocycles. The third kappa shape index (κ3) is 17.3. The van der Waals surface area contributed by atoms with Crippen molar-refractivity contribution in [1.82, 2.24) is 0 Å². The smallest absolute Gasteiger partial charge is 0.0771 e. The summed E-state index contributed by atoms with van der Waals surface area (Å²) in [6, 6.07) is 80.8. The molecule has 0 bridgehead atoms. The maximum Gasteiger partial charge on any atom is -0.0771 e. The van der Waals surface area contributed by atoms with E-state index >= 15 is 0 Å². The first-order chi connectivity index (χ1) is 37.3. The van der Waals surface area contributed by atoms with Crippen LogP contribution in [0, 0.1) is 24.0 Å². The zero-order valence-corrected chi connectivity index (χ0v) is 52.7. The molecule has 0 saturated carbocycles. The molecule has 10 aromatic rings. The molecule has 0 aliphatic heterocycles. The van der Waals surface area contributed by atoms with Crippen LogP contribution in [0.15, 0.2) is 265 Å². The minimum Gasteiger partial charge on any atom is -0.126 e. The van der Waals surface area contributed by atoms with Gasteiger partial charge < -0.3 is 24.8 Å². The normalized spacial score (nSPS) is 13.8. The van der Waals surface area contributed by atoms with Crippen LogP contribution in [0.2, 0.25) is 0 Å². The van der Waals surface area contributed by atoms with Crippen molar-refractivity contribution in [3.05, 3.63) is 299 Å². The van der Waals surface area contributed by atoms with Gasteiger partial charge in [0, 0.05) is 0 Å². The van der Waals surface area contributed by atoms with Gasteiger partial charge >= 0.3 is 198 Å². The van der Waals surface area contributed by atoms with Crippen molar-refractivity contribution in [2.75, 3.05) is 0 Å². The molecule has 0 saturated heterocycles. The molecule has 4 heteroatoms. The largest absolute Gasteiger partial charge is 0.126 e. The molecule has 0 nitrogen and oxygen atoms in total. The molecule has 12 rings (SSSR count). The molecule has 2 unspecified atom stereocenters. The van der Waals surface area contributed by atoms with Crippen LogP contribution in [-0.4, -0.2) is 6.41 Å². The quantitative estimate of drug-likeness (QED) is 0.120. The van der Waals surface area contributed by atoms with Gasteiger partial charge in [0.1, 0.15) is 0 Å². The topological polar surface area (TPSA) is 0 Å². The summed E-state index contributed by atoms with van der Waals surface area (Å²) in [7, 11) is 0. The minimum absolute atomic E-state index is 0. The van der Waals surface area contributed by atoms with Crippen LogP contribution in [0.1, 0.15) is 102 Å². The zero-order chi connectivity index (χ0) is 53.5.